The van der Waals surface area contributed by atoms with Gasteiger partial charge in [-0.25, -0.2) is 4.98 Å². The highest BCUT2D eigenvalue weighted by Gasteiger charge is 2.22. The van der Waals surface area contributed by atoms with E-state index < -0.39 is 0 Å². The molecule has 1 aromatic rings. The zero-order valence-electron chi connectivity index (χ0n) is 12.6. The predicted molar refractivity (Wildman–Crippen MR) is 84.7 cm³/mol. The number of hydrogen-bond acceptors (Lipinski definition) is 5. The molecule has 1 aromatic heterocycles. The third-order valence-electron chi connectivity index (χ3n) is 3.64. The lowest BCUT2D eigenvalue weighted by molar-refractivity contribution is 0.395. The summed E-state index contributed by atoms with van der Waals surface area (Å²) in [5.41, 5.74) is 0. The Kier molecular flexibility index (Phi) is 5.43. The van der Waals surface area contributed by atoms with Gasteiger partial charge in [0, 0.05) is 26.7 Å². The first-order chi connectivity index (χ1) is 9.60. The van der Waals surface area contributed by atoms with Crippen LogP contribution in [0.25, 0.3) is 0 Å². The van der Waals surface area contributed by atoms with Crippen LogP contribution in [0.15, 0.2) is 6.20 Å². The Morgan fingerprint density at radius 3 is 3.00 bits per heavy atom. The molecular formula is C14H24ClN5. The number of nitrogens with zero attached hydrogens (tertiary/aromatic N) is 4. The molecule has 0 aromatic carbocycles. The monoisotopic (exact) mass is 297 g/mol. The van der Waals surface area contributed by atoms with Crippen molar-refractivity contribution < 1.29 is 0 Å². The maximum absolute atomic E-state index is 6.23. The van der Waals surface area contributed by atoms with Crippen LogP contribution in [0.2, 0.25) is 5.02 Å². The Morgan fingerprint density at radius 2 is 2.35 bits per heavy atom. The summed E-state index contributed by atoms with van der Waals surface area (Å²) in [5, 5.41) is 3.81. The third-order valence-corrected chi connectivity index (χ3v) is 3.91. The molecule has 0 aliphatic carbocycles. The molecule has 0 amide bonds. The SMILES string of the molecule is CCCNc1ncc(Cl)c(N(C)CC2CCN(C)C2)n1. The molecule has 2 rings (SSSR count). The van der Waals surface area contributed by atoms with E-state index in [9.17, 15) is 0 Å². The summed E-state index contributed by atoms with van der Waals surface area (Å²) in [6.45, 7) is 6.30. The van der Waals surface area contributed by atoms with Crippen LogP contribution in [-0.4, -0.2) is 55.1 Å². The average Bonchev–Trinajstić information content (AvgIpc) is 2.83. The Hall–Kier alpha value is -1.07. The average molecular weight is 298 g/mol. The molecule has 1 saturated heterocycles. The van der Waals surface area contributed by atoms with E-state index in [1.54, 1.807) is 6.20 Å². The molecule has 1 atom stereocenters. The van der Waals surface area contributed by atoms with Gasteiger partial charge in [0.1, 0.15) is 5.02 Å². The zero-order chi connectivity index (χ0) is 14.5. The summed E-state index contributed by atoms with van der Waals surface area (Å²) in [6, 6.07) is 0. The van der Waals surface area contributed by atoms with Crippen LogP contribution < -0.4 is 10.2 Å². The van der Waals surface area contributed by atoms with Crippen LogP contribution in [0.3, 0.4) is 0 Å². The van der Waals surface area contributed by atoms with Crippen LogP contribution in [-0.2, 0) is 0 Å². The first-order valence-electron chi connectivity index (χ1n) is 7.26. The van der Waals surface area contributed by atoms with Crippen molar-refractivity contribution in [2.75, 3.05) is 50.5 Å². The fourth-order valence-electron chi connectivity index (χ4n) is 2.60. The summed E-state index contributed by atoms with van der Waals surface area (Å²) in [7, 11) is 4.22. The molecular weight excluding hydrogens is 274 g/mol. The highest BCUT2D eigenvalue weighted by Crippen LogP contribution is 2.25. The fourth-order valence-corrected chi connectivity index (χ4v) is 2.83. The van der Waals surface area contributed by atoms with Crippen molar-refractivity contribution in [1.82, 2.24) is 14.9 Å². The molecule has 2 heterocycles. The van der Waals surface area contributed by atoms with Crippen molar-refractivity contribution in [3.63, 3.8) is 0 Å². The standard InChI is InChI=1S/C14H24ClN5/c1-4-6-16-14-17-8-12(15)13(18-14)20(3)10-11-5-7-19(2)9-11/h8,11H,4-7,9-10H2,1-3H3,(H,16,17,18). The van der Waals surface area contributed by atoms with E-state index in [-0.39, 0.29) is 0 Å². The van der Waals surface area contributed by atoms with Gasteiger partial charge in [-0.2, -0.15) is 4.98 Å². The second-order valence-electron chi connectivity index (χ2n) is 5.59. The molecule has 1 aliphatic heterocycles. The van der Waals surface area contributed by atoms with E-state index in [0.717, 1.165) is 31.9 Å². The van der Waals surface area contributed by atoms with Crippen LogP contribution in [0.5, 0.6) is 0 Å². The van der Waals surface area contributed by atoms with Crippen molar-refractivity contribution in [3.8, 4) is 0 Å². The molecule has 1 N–H and O–H groups in total. The van der Waals surface area contributed by atoms with Gasteiger partial charge < -0.3 is 15.1 Å². The third kappa shape index (κ3) is 3.96. The fraction of sp³-hybridized carbons (Fsp3) is 0.714. The molecule has 0 spiro atoms. The van der Waals surface area contributed by atoms with Gasteiger partial charge in [-0.1, -0.05) is 18.5 Å². The quantitative estimate of drug-likeness (QED) is 0.873. The maximum Gasteiger partial charge on any atom is 0.224 e. The molecule has 20 heavy (non-hydrogen) atoms. The van der Waals surface area contributed by atoms with Crippen molar-refractivity contribution in [3.05, 3.63) is 11.2 Å². The Bertz CT molecular complexity index is 440. The van der Waals surface area contributed by atoms with Crippen LogP contribution in [0.1, 0.15) is 19.8 Å². The molecule has 112 valence electrons. The lowest BCUT2D eigenvalue weighted by Crippen LogP contribution is -2.28. The van der Waals surface area contributed by atoms with Crippen molar-refractivity contribution in [2.24, 2.45) is 5.92 Å². The minimum absolute atomic E-state index is 0.612. The topological polar surface area (TPSA) is 44.3 Å². The van der Waals surface area contributed by atoms with Gasteiger partial charge in [-0.15, -0.1) is 0 Å². The van der Waals surface area contributed by atoms with Crippen molar-refractivity contribution in [2.45, 2.75) is 19.8 Å². The highest BCUT2D eigenvalue weighted by molar-refractivity contribution is 6.32. The maximum atomic E-state index is 6.23. The number of halogens is 1. The van der Waals surface area contributed by atoms with Crippen molar-refractivity contribution >= 4 is 23.4 Å². The van der Waals surface area contributed by atoms with Gasteiger partial charge in [-0.05, 0) is 32.4 Å². The first kappa shape index (κ1) is 15.3. The predicted octanol–water partition coefficient (Wildman–Crippen LogP) is 2.34. The first-order valence-corrected chi connectivity index (χ1v) is 7.64. The molecule has 1 aliphatic rings. The normalized spacial score (nSPS) is 19.3. The van der Waals surface area contributed by atoms with Crippen LogP contribution >= 0.6 is 11.6 Å². The van der Waals surface area contributed by atoms with E-state index in [1.165, 1.54) is 13.0 Å². The number of nitrogens with one attached hydrogen (secondary N) is 1. The Labute approximate surface area is 126 Å². The minimum atomic E-state index is 0.612. The second-order valence-corrected chi connectivity index (χ2v) is 6.00. The molecule has 0 bridgehead atoms. The summed E-state index contributed by atoms with van der Waals surface area (Å²) >= 11 is 6.23. The lowest BCUT2D eigenvalue weighted by Gasteiger charge is -2.23. The molecule has 1 fully saturated rings. The summed E-state index contributed by atoms with van der Waals surface area (Å²) in [4.78, 5) is 13.3. The lowest BCUT2D eigenvalue weighted by atomic mass is 10.1. The number of aromatic nitrogens is 2. The van der Waals surface area contributed by atoms with Gasteiger partial charge in [0.25, 0.3) is 0 Å². The number of rotatable bonds is 6. The van der Waals surface area contributed by atoms with Gasteiger partial charge in [0.15, 0.2) is 5.82 Å². The van der Waals surface area contributed by atoms with Gasteiger partial charge in [0.2, 0.25) is 5.95 Å². The largest absolute Gasteiger partial charge is 0.358 e. The second kappa shape index (κ2) is 7.09. The molecule has 5 nitrogen and oxygen atoms in total. The van der Waals surface area contributed by atoms with Gasteiger partial charge in [-0.3, -0.25) is 0 Å². The zero-order valence-corrected chi connectivity index (χ0v) is 13.3. The highest BCUT2D eigenvalue weighted by atomic mass is 35.5. The van der Waals surface area contributed by atoms with E-state index >= 15 is 0 Å². The minimum Gasteiger partial charge on any atom is -0.358 e. The Balaban J connectivity index is 2.02. The van der Waals surface area contributed by atoms with E-state index in [2.05, 4.69) is 46.1 Å². The van der Waals surface area contributed by atoms with Crippen LogP contribution in [0, 0.1) is 5.92 Å². The van der Waals surface area contributed by atoms with Gasteiger partial charge in [0.05, 0.1) is 6.20 Å². The summed E-state index contributed by atoms with van der Waals surface area (Å²) in [6.07, 6.45) is 3.97. The summed E-state index contributed by atoms with van der Waals surface area (Å²) in [5.74, 6) is 2.15. The molecule has 1 unspecified atom stereocenters. The van der Waals surface area contributed by atoms with Crippen molar-refractivity contribution in [1.29, 1.82) is 0 Å². The van der Waals surface area contributed by atoms with Crippen LogP contribution in [0.4, 0.5) is 11.8 Å². The molecule has 0 saturated carbocycles. The Morgan fingerprint density at radius 1 is 1.55 bits per heavy atom. The van der Waals surface area contributed by atoms with Gasteiger partial charge >= 0.3 is 0 Å². The molecule has 6 heteroatoms. The van der Waals surface area contributed by atoms with E-state index in [1.807, 2.05) is 0 Å². The van der Waals surface area contributed by atoms with E-state index in [0.29, 0.717) is 16.9 Å². The number of likely N-dealkylation sites (tertiary alicyclic amines) is 1. The summed E-state index contributed by atoms with van der Waals surface area (Å²) < 4.78 is 0. The molecule has 0 radical (unpaired) electrons. The van der Waals surface area contributed by atoms with E-state index in [4.69, 9.17) is 11.6 Å². The smallest absolute Gasteiger partial charge is 0.224 e. The number of anilines is 2. The number of hydrogen-bond donors (Lipinski definition) is 1.